The number of benzene rings is 3. The molecule has 33 heavy (non-hydrogen) atoms. The fourth-order valence-electron chi connectivity index (χ4n) is 3.77. The summed E-state index contributed by atoms with van der Waals surface area (Å²) in [6.07, 6.45) is 0. The van der Waals surface area contributed by atoms with E-state index in [0.29, 0.717) is 11.6 Å². The third-order valence-corrected chi connectivity index (χ3v) is 5.65. The summed E-state index contributed by atoms with van der Waals surface area (Å²) in [7, 11) is 1.63. The van der Waals surface area contributed by atoms with E-state index in [1.54, 1.807) is 19.2 Å². The summed E-state index contributed by atoms with van der Waals surface area (Å²) in [5.74, 6) is 0.496. The van der Waals surface area contributed by atoms with Crippen molar-refractivity contribution in [3.63, 3.8) is 0 Å². The van der Waals surface area contributed by atoms with Crippen molar-refractivity contribution in [1.29, 1.82) is 0 Å². The van der Waals surface area contributed by atoms with Crippen molar-refractivity contribution in [2.75, 3.05) is 7.11 Å². The lowest BCUT2D eigenvalue weighted by Gasteiger charge is -2.13. The lowest BCUT2D eigenvalue weighted by molar-refractivity contribution is 0.130. The minimum Gasteiger partial charge on any atom is -0.497 e. The van der Waals surface area contributed by atoms with Gasteiger partial charge in [0, 0.05) is 22.0 Å². The van der Waals surface area contributed by atoms with Crippen molar-refractivity contribution in [2.24, 2.45) is 5.16 Å². The molecule has 0 amide bonds. The molecule has 1 heterocycles. The zero-order valence-electron chi connectivity index (χ0n) is 18.7. The third-order valence-electron chi connectivity index (χ3n) is 5.41. The molecule has 0 radical (unpaired) electrons. The first-order chi connectivity index (χ1) is 16.0. The zero-order valence-corrected chi connectivity index (χ0v) is 19.4. The fourth-order valence-corrected chi connectivity index (χ4v) is 3.95. The van der Waals surface area contributed by atoms with Crippen LogP contribution < -0.4 is 4.74 Å². The lowest BCUT2D eigenvalue weighted by Crippen LogP contribution is -2.02. The van der Waals surface area contributed by atoms with E-state index < -0.39 is 0 Å². The Bertz CT molecular complexity index is 1300. The zero-order chi connectivity index (χ0) is 23.4. The minimum atomic E-state index is -0.278. The highest BCUT2D eigenvalue weighted by molar-refractivity contribution is 6.30. The van der Waals surface area contributed by atoms with Gasteiger partial charge < -0.3 is 14.1 Å². The van der Waals surface area contributed by atoms with Crippen LogP contribution in [0.15, 0.2) is 84.0 Å². The van der Waals surface area contributed by atoms with E-state index in [2.05, 4.69) is 9.72 Å². The number of aromatic nitrogens is 1. The molecule has 6 heteroatoms. The molecule has 168 valence electrons. The van der Waals surface area contributed by atoms with Crippen molar-refractivity contribution < 1.29 is 14.0 Å². The van der Waals surface area contributed by atoms with Crippen LogP contribution >= 0.6 is 11.6 Å². The normalized spacial score (nSPS) is 11.5. The lowest BCUT2D eigenvalue weighted by atomic mass is 10.1. The highest BCUT2D eigenvalue weighted by atomic mass is 35.5. The van der Waals surface area contributed by atoms with Gasteiger partial charge in [-0.05, 0) is 85.6 Å². The van der Waals surface area contributed by atoms with Gasteiger partial charge in [-0.2, -0.15) is 0 Å². The number of nitrogens with zero attached hydrogens (tertiary/aromatic N) is 2. The number of hydrogen-bond donors (Lipinski definition) is 0. The van der Waals surface area contributed by atoms with Gasteiger partial charge >= 0.3 is 0 Å². The van der Waals surface area contributed by atoms with Gasteiger partial charge in [0.15, 0.2) is 0 Å². The van der Waals surface area contributed by atoms with E-state index in [4.69, 9.17) is 21.2 Å². The summed E-state index contributed by atoms with van der Waals surface area (Å²) in [6, 6.07) is 23.8. The highest BCUT2D eigenvalue weighted by Crippen LogP contribution is 2.31. The van der Waals surface area contributed by atoms with E-state index in [-0.39, 0.29) is 5.82 Å². The van der Waals surface area contributed by atoms with Gasteiger partial charge in [0.1, 0.15) is 18.2 Å². The summed E-state index contributed by atoms with van der Waals surface area (Å²) in [5.41, 5.74) is 6.31. The molecule has 0 aliphatic carbocycles. The predicted octanol–water partition coefficient (Wildman–Crippen LogP) is 7.19. The molecule has 0 atom stereocenters. The minimum absolute atomic E-state index is 0.278. The molecule has 0 aliphatic heterocycles. The number of methoxy groups -OCH3 is 1. The second-order valence-corrected chi connectivity index (χ2v) is 8.09. The van der Waals surface area contributed by atoms with Crippen LogP contribution in [0.4, 0.5) is 4.39 Å². The van der Waals surface area contributed by atoms with E-state index in [9.17, 15) is 4.39 Å². The number of ether oxygens (including phenoxy) is 1. The van der Waals surface area contributed by atoms with Gasteiger partial charge in [-0.3, -0.25) is 0 Å². The molecule has 0 saturated heterocycles. The van der Waals surface area contributed by atoms with Crippen molar-refractivity contribution >= 4 is 17.3 Å². The average Bonchev–Trinajstić information content (AvgIpc) is 3.16. The quantitative estimate of drug-likeness (QED) is 0.215. The molecular formula is C27H24ClFN2O2. The summed E-state index contributed by atoms with van der Waals surface area (Å²) >= 11 is 6.27. The van der Waals surface area contributed by atoms with Crippen LogP contribution in [0, 0.1) is 12.7 Å². The topological polar surface area (TPSA) is 35.8 Å². The maximum atomic E-state index is 13.6. The maximum Gasteiger partial charge on any atom is 0.142 e. The third kappa shape index (κ3) is 5.10. The Labute approximate surface area is 197 Å². The highest BCUT2D eigenvalue weighted by Gasteiger charge is 2.17. The SMILES string of the molecule is COc1cccc(CO/N=C(/C)c2cc(-c3ccc(F)cc3)n(-c3cccc(Cl)c3)c2C)c1. The molecule has 3 aromatic carbocycles. The Morgan fingerprint density at radius 3 is 2.48 bits per heavy atom. The second kappa shape index (κ2) is 9.92. The van der Waals surface area contributed by atoms with Crippen molar-refractivity contribution in [2.45, 2.75) is 20.5 Å². The van der Waals surface area contributed by atoms with Crippen molar-refractivity contribution in [3.8, 4) is 22.7 Å². The summed E-state index contributed by atoms with van der Waals surface area (Å²) in [6.45, 7) is 4.25. The summed E-state index contributed by atoms with van der Waals surface area (Å²) < 4.78 is 20.9. The Kier molecular flexibility index (Phi) is 6.80. The van der Waals surface area contributed by atoms with Crippen molar-refractivity contribution in [1.82, 2.24) is 4.57 Å². The Balaban J connectivity index is 1.69. The first-order valence-electron chi connectivity index (χ1n) is 10.5. The van der Waals surface area contributed by atoms with E-state index in [0.717, 1.165) is 45.2 Å². The number of oxime groups is 1. The molecule has 0 fully saturated rings. The smallest absolute Gasteiger partial charge is 0.142 e. The van der Waals surface area contributed by atoms with Gasteiger partial charge in [0.25, 0.3) is 0 Å². The molecule has 0 N–H and O–H groups in total. The molecule has 4 aromatic rings. The number of hydrogen-bond acceptors (Lipinski definition) is 3. The van der Waals surface area contributed by atoms with Crippen LogP contribution in [0.2, 0.25) is 5.02 Å². The van der Waals surface area contributed by atoms with Crippen LogP contribution in [0.3, 0.4) is 0 Å². The molecule has 4 nitrogen and oxygen atoms in total. The first kappa shape index (κ1) is 22.6. The van der Waals surface area contributed by atoms with Gasteiger partial charge in [-0.15, -0.1) is 0 Å². The molecule has 0 bridgehead atoms. The van der Waals surface area contributed by atoms with Crippen LogP contribution in [0.25, 0.3) is 16.9 Å². The fraction of sp³-hybridized carbons (Fsp3) is 0.148. The molecular weight excluding hydrogens is 439 g/mol. The van der Waals surface area contributed by atoms with Crippen molar-refractivity contribution in [3.05, 3.63) is 107 Å². The second-order valence-electron chi connectivity index (χ2n) is 7.65. The molecule has 0 saturated carbocycles. The van der Waals surface area contributed by atoms with Gasteiger partial charge in [0.2, 0.25) is 0 Å². The molecule has 4 rings (SSSR count). The van der Waals surface area contributed by atoms with Crippen LogP contribution in [-0.2, 0) is 11.4 Å². The van der Waals surface area contributed by atoms with E-state index in [1.807, 2.05) is 68.4 Å². The average molecular weight is 463 g/mol. The van der Waals surface area contributed by atoms with E-state index in [1.165, 1.54) is 12.1 Å². The number of halogens is 2. The molecule has 0 aliphatic rings. The molecule has 0 spiro atoms. The van der Waals surface area contributed by atoms with Gasteiger partial charge in [-0.1, -0.05) is 35.0 Å². The molecule has 0 unspecified atom stereocenters. The first-order valence-corrected chi connectivity index (χ1v) is 10.9. The maximum absolute atomic E-state index is 13.6. The Morgan fingerprint density at radius 2 is 1.76 bits per heavy atom. The number of rotatable bonds is 7. The van der Waals surface area contributed by atoms with Crippen LogP contribution in [0.1, 0.15) is 23.7 Å². The van der Waals surface area contributed by atoms with Gasteiger partial charge in [0.05, 0.1) is 18.5 Å². The molecule has 1 aromatic heterocycles. The summed E-state index contributed by atoms with van der Waals surface area (Å²) in [5, 5.41) is 4.99. The van der Waals surface area contributed by atoms with Crippen LogP contribution in [-0.4, -0.2) is 17.4 Å². The standard InChI is InChI=1S/C27H24ClFN2O2/c1-18(30-33-17-20-6-4-9-25(14-20)32-3)26-16-27(21-10-12-23(29)13-11-21)31(19(26)2)24-8-5-7-22(28)15-24/h4-16H,17H2,1-3H3/b30-18-. The Hall–Kier alpha value is -3.57. The Morgan fingerprint density at radius 1 is 1.00 bits per heavy atom. The monoisotopic (exact) mass is 462 g/mol. The largest absolute Gasteiger partial charge is 0.497 e. The van der Waals surface area contributed by atoms with Gasteiger partial charge in [-0.25, -0.2) is 4.39 Å². The predicted molar refractivity (Wildman–Crippen MR) is 131 cm³/mol. The summed E-state index contributed by atoms with van der Waals surface area (Å²) in [4.78, 5) is 5.64. The van der Waals surface area contributed by atoms with E-state index >= 15 is 0 Å². The van der Waals surface area contributed by atoms with Crippen LogP contribution in [0.5, 0.6) is 5.75 Å².